The fourth-order valence-electron chi connectivity index (χ4n) is 2.50. The van der Waals surface area contributed by atoms with Crippen LogP contribution >= 0.6 is 15.9 Å². The van der Waals surface area contributed by atoms with Crippen LogP contribution in [0.15, 0.2) is 40.9 Å². The average Bonchev–Trinajstić information content (AvgIpc) is 3.05. The van der Waals surface area contributed by atoms with E-state index in [1.165, 1.54) is 0 Å². The molecule has 0 aliphatic rings. The molecule has 0 fully saturated rings. The Morgan fingerprint density at radius 1 is 1.32 bits per heavy atom. The van der Waals surface area contributed by atoms with Crippen LogP contribution in [0.3, 0.4) is 0 Å². The number of nitrogens with two attached hydrogens (primary N) is 1. The van der Waals surface area contributed by atoms with Gasteiger partial charge < -0.3 is 9.72 Å². The Kier molecular flexibility index (Phi) is 5.35. The number of nitrogens with zero attached hydrogens (tertiary/aromatic N) is 1. The molecule has 0 aliphatic heterocycles. The highest BCUT2D eigenvalue weighted by atomic mass is 79.9. The first-order valence-electron chi connectivity index (χ1n) is 8.05. The molecule has 0 atom stereocenters. The molecule has 3 rings (SSSR count). The molecule has 7 heteroatoms. The number of hydrazine groups is 1. The number of fused-ring (bicyclic) bond motifs is 1. The van der Waals surface area contributed by atoms with E-state index >= 15 is 0 Å². The van der Waals surface area contributed by atoms with Gasteiger partial charge >= 0.3 is 0 Å². The Hall–Kier alpha value is -2.38. The number of aromatic nitrogens is 2. The Balaban J connectivity index is 2.00. The molecule has 0 spiro atoms. The van der Waals surface area contributed by atoms with Crippen LogP contribution in [0.2, 0.25) is 0 Å². The van der Waals surface area contributed by atoms with Crippen LogP contribution in [0.4, 0.5) is 0 Å². The first kappa shape index (κ1) is 17.4. The molecule has 0 unspecified atom stereocenters. The Labute approximate surface area is 153 Å². The van der Waals surface area contributed by atoms with Crippen molar-refractivity contribution >= 4 is 32.9 Å². The monoisotopic (exact) mass is 402 g/mol. The van der Waals surface area contributed by atoms with Crippen LogP contribution in [-0.4, -0.2) is 22.5 Å². The summed E-state index contributed by atoms with van der Waals surface area (Å²) in [6, 6.07) is 11.0. The van der Waals surface area contributed by atoms with Crippen molar-refractivity contribution in [2.75, 3.05) is 6.61 Å². The van der Waals surface area contributed by atoms with Crippen molar-refractivity contribution in [3.8, 4) is 17.1 Å². The predicted octanol–water partition coefficient (Wildman–Crippen LogP) is 3.77. The van der Waals surface area contributed by atoms with Gasteiger partial charge in [0.1, 0.15) is 11.6 Å². The lowest BCUT2D eigenvalue weighted by molar-refractivity contribution is 0.0954. The van der Waals surface area contributed by atoms with Crippen molar-refractivity contribution in [1.82, 2.24) is 15.4 Å². The van der Waals surface area contributed by atoms with Gasteiger partial charge in [-0.1, -0.05) is 29.3 Å². The van der Waals surface area contributed by atoms with E-state index in [0.717, 1.165) is 39.7 Å². The van der Waals surface area contributed by atoms with Crippen molar-refractivity contribution in [3.63, 3.8) is 0 Å². The third-order valence-electron chi connectivity index (χ3n) is 3.83. The van der Waals surface area contributed by atoms with Gasteiger partial charge in [0.15, 0.2) is 0 Å². The standard InChI is InChI=1S/C18H19BrN4O2/c1-2-3-8-25-16-7-5-12(19)10-13(16)17-21-14-6-4-11(18(24)23-20)9-15(14)22-17/h4-7,9-10H,2-3,8,20H2,1H3,(H,21,22)(H,23,24). The summed E-state index contributed by atoms with van der Waals surface area (Å²) in [5.41, 5.74) is 5.00. The molecule has 3 aromatic rings. The molecule has 1 amide bonds. The van der Waals surface area contributed by atoms with E-state index in [9.17, 15) is 4.79 Å². The van der Waals surface area contributed by atoms with E-state index in [1.54, 1.807) is 18.2 Å². The minimum Gasteiger partial charge on any atom is -0.493 e. The van der Waals surface area contributed by atoms with Gasteiger partial charge in [-0.05, 0) is 42.8 Å². The lowest BCUT2D eigenvalue weighted by Gasteiger charge is -2.10. The number of aromatic amines is 1. The van der Waals surface area contributed by atoms with Crippen LogP contribution < -0.4 is 16.0 Å². The lowest BCUT2D eigenvalue weighted by atomic mass is 10.2. The maximum Gasteiger partial charge on any atom is 0.265 e. The highest BCUT2D eigenvalue weighted by Gasteiger charge is 2.13. The topological polar surface area (TPSA) is 93.0 Å². The number of hydrogen-bond donors (Lipinski definition) is 3. The van der Waals surface area contributed by atoms with E-state index in [4.69, 9.17) is 10.6 Å². The van der Waals surface area contributed by atoms with Crippen molar-refractivity contribution in [1.29, 1.82) is 0 Å². The summed E-state index contributed by atoms with van der Waals surface area (Å²) < 4.78 is 6.84. The van der Waals surface area contributed by atoms with E-state index in [1.807, 2.05) is 18.2 Å². The summed E-state index contributed by atoms with van der Waals surface area (Å²) in [6.45, 7) is 2.78. The van der Waals surface area contributed by atoms with Gasteiger partial charge in [0.25, 0.3) is 5.91 Å². The zero-order valence-electron chi connectivity index (χ0n) is 13.8. The summed E-state index contributed by atoms with van der Waals surface area (Å²) in [5, 5.41) is 0. The van der Waals surface area contributed by atoms with Crippen LogP contribution in [0.25, 0.3) is 22.4 Å². The third kappa shape index (κ3) is 3.83. The van der Waals surface area contributed by atoms with Crippen LogP contribution in [0.5, 0.6) is 5.75 Å². The Morgan fingerprint density at radius 2 is 2.16 bits per heavy atom. The zero-order valence-corrected chi connectivity index (χ0v) is 15.4. The Morgan fingerprint density at radius 3 is 2.92 bits per heavy atom. The second-order valence-corrected chi connectivity index (χ2v) is 6.55. The highest BCUT2D eigenvalue weighted by molar-refractivity contribution is 9.10. The normalized spacial score (nSPS) is 10.8. The zero-order chi connectivity index (χ0) is 17.8. The van der Waals surface area contributed by atoms with Crippen molar-refractivity contribution in [3.05, 3.63) is 46.4 Å². The van der Waals surface area contributed by atoms with Gasteiger partial charge in [-0.2, -0.15) is 0 Å². The van der Waals surface area contributed by atoms with Gasteiger partial charge in [-0.25, -0.2) is 10.8 Å². The molecule has 4 N–H and O–H groups in total. The van der Waals surface area contributed by atoms with Gasteiger partial charge in [0, 0.05) is 10.0 Å². The number of benzene rings is 2. The summed E-state index contributed by atoms with van der Waals surface area (Å²) in [4.78, 5) is 19.6. The second-order valence-electron chi connectivity index (χ2n) is 5.63. The number of carbonyl (C=O) groups excluding carboxylic acids is 1. The Bertz CT molecular complexity index is 907. The number of H-pyrrole nitrogens is 1. The molecule has 0 saturated carbocycles. The SMILES string of the molecule is CCCCOc1ccc(Br)cc1-c1nc2ccc(C(=O)NN)cc2[nH]1. The highest BCUT2D eigenvalue weighted by Crippen LogP contribution is 2.32. The van der Waals surface area contributed by atoms with E-state index in [0.29, 0.717) is 18.0 Å². The number of rotatable bonds is 6. The van der Waals surface area contributed by atoms with Crippen LogP contribution in [-0.2, 0) is 0 Å². The van der Waals surface area contributed by atoms with Crippen molar-refractivity contribution in [2.24, 2.45) is 5.84 Å². The minimum atomic E-state index is -0.343. The molecule has 130 valence electrons. The first-order chi connectivity index (χ1) is 12.1. The lowest BCUT2D eigenvalue weighted by Crippen LogP contribution is -2.29. The van der Waals surface area contributed by atoms with E-state index in [2.05, 4.69) is 38.2 Å². The van der Waals surface area contributed by atoms with Gasteiger partial charge in [0.2, 0.25) is 0 Å². The number of hydrogen-bond acceptors (Lipinski definition) is 4. The smallest absolute Gasteiger partial charge is 0.265 e. The fraction of sp³-hybridized carbons (Fsp3) is 0.222. The van der Waals surface area contributed by atoms with Crippen LogP contribution in [0, 0.1) is 0 Å². The molecule has 1 aromatic heterocycles. The summed E-state index contributed by atoms with van der Waals surface area (Å²) >= 11 is 3.50. The molecular weight excluding hydrogens is 384 g/mol. The summed E-state index contributed by atoms with van der Waals surface area (Å²) in [6.07, 6.45) is 2.07. The number of carbonyl (C=O) groups is 1. The quantitative estimate of drug-likeness (QED) is 0.253. The van der Waals surface area contributed by atoms with Gasteiger partial charge in [-0.15, -0.1) is 0 Å². The maximum absolute atomic E-state index is 11.7. The minimum absolute atomic E-state index is 0.343. The first-order valence-corrected chi connectivity index (χ1v) is 8.85. The largest absolute Gasteiger partial charge is 0.493 e. The fourth-order valence-corrected chi connectivity index (χ4v) is 2.86. The molecular formula is C18H19BrN4O2. The summed E-state index contributed by atoms with van der Waals surface area (Å²) in [7, 11) is 0. The maximum atomic E-state index is 11.7. The predicted molar refractivity (Wildman–Crippen MR) is 101 cm³/mol. The van der Waals surface area contributed by atoms with Crippen molar-refractivity contribution in [2.45, 2.75) is 19.8 Å². The van der Waals surface area contributed by atoms with E-state index in [-0.39, 0.29) is 5.91 Å². The average molecular weight is 403 g/mol. The second kappa shape index (κ2) is 7.67. The molecule has 0 radical (unpaired) electrons. The number of ether oxygens (including phenoxy) is 1. The third-order valence-corrected chi connectivity index (χ3v) is 4.32. The van der Waals surface area contributed by atoms with Gasteiger partial charge in [0.05, 0.1) is 23.2 Å². The van der Waals surface area contributed by atoms with Crippen molar-refractivity contribution < 1.29 is 9.53 Å². The van der Waals surface area contributed by atoms with Crippen LogP contribution in [0.1, 0.15) is 30.1 Å². The number of unbranched alkanes of at least 4 members (excludes halogenated alkanes) is 1. The molecule has 2 aromatic carbocycles. The number of amides is 1. The molecule has 0 saturated heterocycles. The van der Waals surface area contributed by atoms with E-state index < -0.39 is 0 Å². The molecule has 6 nitrogen and oxygen atoms in total. The molecule has 0 aliphatic carbocycles. The number of halogens is 1. The molecule has 1 heterocycles. The number of imidazole rings is 1. The molecule has 25 heavy (non-hydrogen) atoms. The number of nitrogens with one attached hydrogen (secondary N) is 2. The summed E-state index contributed by atoms with van der Waals surface area (Å²) in [5.74, 6) is 6.31. The van der Waals surface area contributed by atoms with Gasteiger partial charge in [-0.3, -0.25) is 10.2 Å². The number of nitrogen functional groups attached to an aromatic ring is 1. The molecule has 0 bridgehead atoms.